The topological polar surface area (TPSA) is 54.0 Å². The molecule has 1 aliphatic rings. The molecule has 0 aromatic heterocycles. The number of carbonyl (C=O) groups excluding carboxylic acids is 1. The standard InChI is InChI=1S/C26H22Cl2O5/c1-2-30-25(29)13-9-17-8-12-23-24(14-17)33-26(32-23)15-18-6-10-19(11-7-18)31-16-20-21(27)4-3-5-22(20)28/h3-14,26H,2,15-16H2,1H3/b13-9+. The van der Waals surface area contributed by atoms with Crippen LogP contribution in [-0.4, -0.2) is 18.9 Å². The Hall–Kier alpha value is -3.15. The normalized spacial score (nSPS) is 14.5. The maximum atomic E-state index is 11.5. The molecule has 1 atom stereocenters. The molecule has 0 saturated heterocycles. The molecule has 1 unspecified atom stereocenters. The molecule has 0 amide bonds. The van der Waals surface area contributed by atoms with Gasteiger partial charge >= 0.3 is 5.97 Å². The first-order chi connectivity index (χ1) is 16.0. The number of halogens is 2. The number of ether oxygens (including phenoxy) is 4. The summed E-state index contributed by atoms with van der Waals surface area (Å²) >= 11 is 12.4. The third kappa shape index (κ3) is 6.01. The molecule has 33 heavy (non-hydrogen) atoms. The van der Waals surface area contributed by atoms with Crippen molar-refractivity contribution in [1.29, 1.82) is 0 Å². The molecule has 0 radical (unpaired) electrons. The van der Waals surface area contributed by atoms with E-state index in [0.717, 1.165) is 16.7 Å². The lowest BCUT2D eigenvalue weighted by Crippen LogP contribution is -2.20. The largest absolute Gasteiger partial charge is 0.489 e. The molecule has 0 aliphatic carbocycles. The van der Waals surface area contributed by atoms with E-state index in [1.165, 1.54) is 6.08 Å². The van der Waals surface area contributed by atoms with E-state index in [4.69, 9.17) is 42.1 Å². The summed E-state index contributed by atoms with van der Waals surface area (Å²) < 4.78 is 22.5. The van der Waals surface area contributed by atoms with Crippen molar-refractivity contribution in [3.8, 4) is 17.2 Å². The number of hydrogen-bond acceptors (Lipinski definition) is 5. The third-order valence-electron chi connectivity index (χ3n) is 4.95. The van der Waals surface area contributed by atoms with Crippen LogP contribution in [0.25, 0.3) is 6.08 Å². The van der Waals surface area contributed by atoms with Crippen molar-refractivity contribution < 1.29 is 23.7 Å². The first-order valence-corrected chi connectivity index (χ1v) is 11.2. The predicted octanol–water partition coefficient (Wildman–Crippen LogP) is 6.49. The van der Waals surface area contributed by atoms with Gasteiger partial charge in [-0.1, -0.05) is 47.5 Å². The smallest absolute Gasteiger partial charge is 0.330 e. The number of benzene rings is 3. The summed E-state index contributed by atoms with van der Waals surface area (Å²) in [6.07, 6.45) is 3.21. The highest BCUT2D eigenvalue weighted by Gasteiger charge is 2.24. The van der Waals surface area contributed by atoms with E-state index in [0.29, 0.717) is 40.3 Å². The summed E-state index contributed by atoms with van der Waals surface area (Å²) in [5.41, 5.74) is 2.62. The lowest BCUT2D eigenvalue weighted by molar-refractivity contribution is -0.137. The summed E-state index contributed by atoms with van der Waals surface area (Å²) in [7, 11) is 0. The second-order valence-electron chi connectivity index (χ2n) is 7.29. The highest BCUT2D eigenvalue weighted by molar-refractivity contribution is 6.35. The summed E-state index contributed by atoms with van der Waals surface area (Å²) in [6.45, 7) is 2.40. The molecule has 170 valence electrons. The molecule has 0 bridgehead atoms. The van der Waals surface area contributed by atoms with Gasteiger partial charge in [0.1, 0.15) is 12.4 Å². The molecule has 3 aromatic rings. The van der Waals surface area contributed by atoms with Crippen LogP contribution < -0.4 is 14.2 Å². The zero-order valence-electron chi connectivity index (χ0n) is 17.9. The van der Waals surface area contributed by atoms with Crippen LogP contribution in [0.1, 0.15) is 23.6 Å². The van der Waals surface area contributed by atoms with E-state index in [2.05, 4.69) is 0 Å². The van der Waals surface area contributed by atoms with E-state index in [1.54, 1.807) is 31.2 Å². The van der Waals surface area contributed by atoms with Crippen molar-refractivity contribution in [3.63, 3.8) is 0 Å². The van der Waals surface area contributed by atoms with Crippen LogP contribution in [0.3, 0.4) is 0 Å². The molecular weight excluding hydrogens is 463 g/mol. The second-order valence-corrected chi connectivity index (χ2v) is 8.11. The Morgan fingerprint density at radius 1 is 1.00 bits per heavy atom. The van der Waals surface area contributed by atoms with Gasteiger partial charge in [-0.3, -0.25) is 0 Å². The number of rotatable bonds is 8. The van der Waals surface area contributed by atoms with Crippen molar-refractivity contribution in [3.05, 3.63) is 93.5 Å². The Balaban J connectivity index is 1.32. The Morgan fingerprint density at radius 2 is 1.73 bits per heavy atom. The van der Waals surface area contributed by atoms with Crippen molar-refractivity contribution >= 4 is 35.2 Å². The van der Waals surface area contributed by atoms with Crippen molar-refractivity contribution in [2.45, 2.75) is 26.2 Å². The average molecular weight is 485 g/mol. The lowest BCUT2D eigenvalue weighted by Gasteiger charge is -2.12. The van der Waals surface area contributed by atoms with Crippen molar-refractivity contribution in [1.82, 2.24) is 0 Å². The van der Waals surface area contributed by atoms with Gasteiger partial charge < -0.3 is 18.9 Å². The first-order valence-electron chi connectivity index (χ1n) is 10.5. The summed E-state index contributed by atoms with van der Waals surface area (Å²) in [5, 5.41) is 1.16. The summed E-state index contributed by atoms with van der Waals surface area (Å²) in [5.74, 6) is 1.65. The highest BCUT2D eigenvalue weighted by Crippen LogP contribution is 2.36. The maximum Gasteiger partial charge on any atom is 0.330 e. The molecule has 0 saturated carbocycles. The van der Waals surface area contributed by atoms with Gasteiger partial charge in [-0.2, -0.15) is 0 Å². The fraction of sp³-hybridized carbons (Fsp3) is 0.192. The minimum Gasteiger partial charge on any atom is -0.489 e. The van der Waals surface area contributed by atoms with E-state index >= 15 is 0 Å². The zero-order chi connectivity index (χ0) is 23.2. The Morgan fingerprint density at radius 3 is 2.45 bits per heavy atom. The van der Waals surface area contributed by atoms with Gasteiger partial charge in [0.25, 0.3) is 0 Å². The Labute approximate surface area is 202 Å². The third-order valence-corrected chi connectivity index (χ3v) is 5.66. The number of hydrogen-bond donors (Lipinski definition) is 0. The van der Waals surface area contributed by atoms with E-state index in [9.17, 15) is 4.79 Å². The molecule has 3 aromatic carbocycles. The van der Waals surface area contributed by atoms with Crippen LogP contribution in [0.15, 0.2) is 66.7 Å². The molecule has 7 heteroatoms. The van der Waals surface area contributed by atoms with Gasteiger partial charge in [-0.25, -0.2) is 4.79 Å². The first kappa shape index (κ1) is 23.0. The zero-order valence-corrected chi connectivity index (χ0v) is 19.4. The molecule has 4 rings (SSSR count). The van der Waals surface area contributed by atoms with Gasteiger partial charge in [0, 0.05) is 28.1 Å². The Kier molecular flexibility index (Phi) is 7.43. The average Bonchev–Trinajstić information content (AvgIpc) is 3.20. The Bertz CT molecular complexity index is 1140. The van der Waals surface area contributed by atoms with Gasteiger partial charge in [0.2, 0.25) is 6.29 Å². The van der Waals surface area contributed by atoms with Gasteiger partial charge in [0.15, 0.2) is 11.5 Å². The molecule has 1 heterocycles. The van der Waals surface area contributed by atoms with Gasteiger partial charge in [-0.05, 0) is 60.5 Å². The SMILES string of the molecule is CCOC(=O)/C=C/c1ccc2c(c1)OC(Cc1ccc(OCc3c(Cl)cccc3Cl)cc1)O2. The van der Waals surface area contributed by atoms with E-state index in [1.807, 2.05) is 42.5 Å². The minimum atomic E-state index is -0.432. The molecule has 1 aliphatic heterocycles. The van der Waals surface area contributed by atoms with Crippen LogP contribution in [-0.2, 0) is 22.6 Å². The van der Waals surface area contributed by atoms with Crippen LogP contribution in [0.2, 0.25) is 10.0 Å². The summed E-state index contributed by atoms with van der Waals surface area (Å²) in [4.78, 5) is 11.5. The molecular formula is C26H22Cl2O5. The number of esters is 1. The fourth-order valence-corrected chi connectivity index (χ4v) is 3.81. The van der Waals surface area contributed by atoms with Crippen LogP contribution in [0, 0.1) is 0 Å². The number of carbonyl (C=O) groups is 1. The fourth-order valence-electron chi connectivity index (χ4n) is 3.30. The molecule has 0 fully saturated rings. The van der Waals surface area contributed by atoms with Crippen LogP contribution >= 0.6 is 23.2 Å². The van der Waals surface area contributed by atoms with Crippen molar-refractivity contribution in [2.24, 2.45) is 0 Å². The maximum absolute atomic E-state index is 11.5. The van der Waals surface area contributed by atoms with Crippen LogP contribution in [0.5, 0.6) is 17.2 Å². The quantitative estimate of drug-likeness (QED) is 0.270. The summed E-state index contributed by atoms with van der Waals surface area (Å²) in [6, 6.07) is 18.6. The lowest BCUT2D eigenvalue weighted by atomic mass is 10.1. The van der Waals surface area contributed by atoms with Crippen LogP contribution in [0.4, 0.5) is 0 Å². The molecule has 0 N–H and O–H groups in total. The molecule has 0 spiro atoms. The number of fused-ring (bicyclic) bond motifs is 1. The molecule has 5 nitrogen and oxygen atoms in total. The monoisotopic (exact) mass is 484 g/mol. The second kappa shape index (κ2) is 10.6. The minimum absolute atomic E-state index is 0.287. The van der Waals surface area contributed by atoms with E-state index < -0.39 is 6.29 Å². The van der Waals surface area contributed by atoms with Crippen molar-refractivity contribution in [2.75, 3.05) is 6.61 Å². The predicted molar refractivity (Wildman–Crippen MR) is 128 cm³/mol. The highest BCUT2D eigenvalue weighted by atomic mass is 35.5. The van der Waals surface area contributed by atoms with Gasteiger partial charge in [-0.15, -0.1) is 0 Å². The van der Waals surface area contributed by atoms with Gasteiger partial charge in [0.05, 0.1) is 6.61 Å². The van der Waals surface area contributed by atoms with E-state index in [-0.39, 0.29) is 12.6 Å².